The third-order valence-electron chi connectivity index (χ3n) is 6.01. The minimum Gasteiger partial charge on any atom is -0.711 e. The van der Waals surface area contributed by atoms with E-state index in [-0.39, 0.29) is 10.8 Å². The van der Waals surface area contributed by atoms with Crippen LogP contribution in [0.15, 0.2) is 48.5 Å². The average molecular weight is 503 g/mol. The van der Waals surface area contributed by atoms with Gasteiger partial charge in [0.05, 0.1) is 0 Å². The SMILES string of the molecule is Cc1c(C)[n+]([O-])c([C@@H](c2ccc(Cl)cc2Cl)C2C(=O)OC(C)(C)OC2=O)n1Cc1ccccc1. The Bertz CT molecular complexity index is 1250. The zero-order valence-electron chi connectivity index (χ0n) is 19.2. The molecule has 1 aliphatic rings. The molecule has 0 saturated carbocycles. The van der Waals surface area contributed by atoms with Crippen molar-refractivity contribution in [2.75, 3.05) is 0 Å². The van der Waals surface area contributed by atoms with Crippen molar-refractivity contribution in [1.29, 1.82) is 0 Å². The fourth-order valence-corrected chi connectivity index (χ4v) is 4.80. The van der Waals surface area contributed by atoms with Gasteiger partial charge in [-0.2, -0.15) is 0 Å². The minimum absolute atomic E-state index is 0.182. The van der Waals surface area contributed by atoms with Gasteiger partial charge in [-0.25, -0.2) is 9.30 Å². The molecule has 1 saturated heterocycles. The Morgan fingerprint density at radius 1 is 1.06 bits per heavy atom. The first-order valence-electron chi connectivity index (χ1n) is 10.7. The van der Waals surface area contributed by atoms with Gasteiger partial charge in [-0.05, 0) is 23.3 Å². The number of nitrogens with zero attached hydrogens (tertiary/aromatic N) is 2. The van der Waals surface area contributed by atoms with Crippen LogP contribution in [0.1, 0.15) is 48.1 Å². The van der Waals surface area contributed by atoms with Gasteiger partial charge in [0.2, 0.25) is 0 Å². The highest BCUT2D eigenvalue weighted by atomic mass is 35.5. The predicted molar refractivity (Wildman–Crippen MR) is 126 cm³/mol. The highest BCUT2D eigenvalue weighted by Crippen LogP contribution is 2.41. The van der Waals surface area contributed by atoms with E-state index in [9.17, 15) is 14.8 Å². The molecule has 2 heterocycles. The molecule has 7 nitrogen and oxygen atoms in total. The minimum atomic E-state index is -1.44. The van der Waals surface area contributed by atoms with Crippen LogP contribution >= 0.6 is 23.2 Å². The Morgan fingerprint density at radius 3 is 2.26 bits per heavy atom. The lowest BCUT2D eigenvalue weighted by atomic mass is 9.84. The molecule has 1 aliphatic heterocycles. The first-order valence-corrected chi connectivity index (χ1v) is 11.5. The van der Waals surface area contributed by atoms with Crippen molar-refractivity contribution in [3.05, 3.63) is 92.1 Å². The highest BCUT2D eigenvalue weighted by molar-refractivity contribution is 6.35. The Balaban J connectivity index is 1.96. The number of halogens is 2. The van der Waals surface area contributed by atoms with E-state index >= 15 is 0 Å². The lowest BCUT2D eigenvalue weighted by molar-refractivity contribution is -0.621. The fraction of sp³-hybridized carbons (Fsp3) is 0.320. The summed E-state index contributed by atoms with van der Waals surface area (Å²) < 4.78 is 13.4. The highest BCUT2D eigenvalue weighted by Gasteiger charge is 2.52. The standard InChI is InChI=1S/C25H24Cl2N2O5/c1-14-15(2)29(32)22(28(14)13-16-8-6-5-7-9-16)20(18-11-10-17(26)12-19(18)27)21-23(30)33-25(3,4)34-24(21)31/h5-12,20-21H,13H2,1-4H3/t20-/m0/s1. The number of carbonyl (C=O) groups is 2. The van der Waals surface area contributed by atoms with E-state index in [4.69, 9.17) is 32.7 Å². The quantitative estimate of drug-likeness (QED) is 0.219. The maximum atomic E-state index is 13.5. The van der Waals surface area contributed by atoms with Crippen LogP contribution in [0.2, 0.25) is 10.0 Å². The molecule has 0 aliphatic carbocycles. The molecule has 1 fully saturated rings. The van der Waals surface area contributed by atoms with Gasteiger partial charge >= 0.3 is 11.9 Å². The van der Waals surface area contributed by atoms with Crippen LogP contribution in [0.4, 0.5) is 0 Å². The lowest BCUT2D eigenvalue weighted by Gasteiger charge is -2.35. The van der Waals surface area contributed by atoms with Crippen LogP contribution in [0.3, 0.4) is 0 Å². The second-order valence-electron chi connectivity index (χ2n) is 8.76. The van der Waals surface area contributed by atoms with E-state index in [1.165, 1.54) is 19.9 Å². The van der Waals surface area contributed by atoms with Crippen LogP contribution in [0, 0.1) is 25.0 Å². The molecule has 0 unspecified atom stereocenters. The van der Waals surface area contributed by atoms with E-state index in [0.29, 0.717) is 28.5 Å². The van der Waals surface area contributed by atoms with E-state index < -0.39 is 29.6 Å². The van der Waals surface area contributed by atoms with Crippen LogP contribution < -0.4 is 4.73 Å². The van der Waals surface area contributed by atoms with E-state index in [2.05, 4.69) is 0 Å². The third-order valence-corrected chi connectivity index (χ3v) is 6.57. The van der Waals surface area contributed by atoms with Gasteiger partial charge < -0.3 is 14.7 Å². The van der Waals surface area contributed by atoms with Gasteiger partial charge in [-0.15, -0.1) is 0 Å². The number of rotatable bonds is 5. The Labute approximate surface area is 207 Å². The number of imidazole rings is 1. The Kier molecular flexibility index (Phi) is 6.36. The van der Waals surface area contributed by atoms with Gasteiger partial charge in [-0.1, -0.05) is 59.6 Å². The summed E-state index contributed by atoms with van der Waals surface area (Å²) in [6.07, 6.45) is 0. The molecule has 1 aromatic heterocycles. The number of aromatic nitrogens is 2. The topological polar surface area (TPSA) is 84.5 Å². The number of cyclic esters (lactones) is 2. The molecule has 0 radical (unpaired) electrons. The number of benzene rings is 2. The summed E-state index contributed by atoms with van der Waals surface area (Å²) in [5, 5.41) is 14.1. The first-order chi connectivity index (χ1) is 16.0. The number of ether oxygens (including phenoxy) is 2. The number of esters is 2. The van der Waals surface area contributed by atoms with Crippen LogP contribution in [-0.2, 0) is 25.6 Å². The second-order valence-corrected chi connectivity index (χ2v) is 9.60. The zero-order chi connectivity index (χ0) is 24.8. The van der Waals surface area contributed by atoms with Crippen LogP contribution in [0.25, 0.3) is 0 Å². The summed E-state index contributed by atoms with van der Waals surface area (Å²) in [5.41, 5.74) is 2.47. The lowest BCUT2D eigenvalue weighted by Crippen LogP contribution is -2.50. The predicted octanol–water partition coefficient (Wildman–Crippen LogP) is 4.68. The molecule has 2 aromatic carbocycles. The second kappa shape index (κ2) is 8.96. The number of carbonyl (C=O) groups excluding carboxylic acids is 2. The molecule has 4 rings (SSSR count). The van der Waals surface area contributed by atoms with Crippen molar-refractivity contribution >= 4 is 35.1 Å². The molecule has 178 valence electrons. The van der Waals surface area contributed by atoms with Crippen molar-refractivity contribution in [2.45, 2.75) is 45.9 Å². The normalized spacial score (nSPS) is 16.8. The van der Waals surface area contributed by atoms with E-state index in [1.807, 2.05) is 37.3 Å². The first kappa shape index (κ1) is 24.1. The van der Waals surface area contributed by atoms with Crippen LogP contribution in [-0.4, -0.2) is 22.3 Å². The largest absolute Gasteiger partial charge is 0.711 e. The summed E-state index contributed by atoms with van der Waals surface area (Å²) in [4.78, 5) is 26.3. The van der Waals surface area contributed by atoms with Crippen molar-refractivity contribution < 1.29 is 23.8 Å². The fourth-order valence-electron chi connectivity index (χ4n) is 4.28. The van der Waals surface area contributed by atoms with Crippen LogP contribution in [0.5, 0.6) is 0 Å². The number of hydrogen-bond acceptors (Lipinski definition) is 5. The summed E-state index contributed by atoms with van der Waals surface area (Å²) >= 11 is 12.7. The smallest absolute Gasteiger partial charge is 0.324 e. The summed E-state index contributed by atoms with van der Waals surface area (Å²) in [7, 11) is 0. The van der Waals surface area contributed by atoms with Crippen molar-refractivity contribution in [2.24, 2.45) is 5.92 Å². The van der Waals surface area contributed by atoms with E-state index in [0.717, 1.165) is 10.3 Å². The molecular formula is C25H24Cl2N2O5. The molecule has 1 atom stereocenters. The molecule has 0 amide bonds. The van der Waals surface area contributed by atoms with E-state index in [1.54, 1.807) is 23.6 Å². The third kappa shape index (κ3) is 4.38. The maximum Gasteiger partial charge on any atom is 0.324 e. The van der Waals surface area contributed by atoms with Gasteiger partial charge in [-0.3, -0.25) is 9.59 Å². The summed E-state index contributed by atoms with van der Waals surface area (Å²) in [5.74, 6) is -5.32. The molecule has 9 heteroatoms. The van der Waals surface area contributed by atoms with Crippen molar-refractivity contribution in [1.82, 2.24) is 4.57 Å². The molecule has 34 heavy (non-hydrogen) atoms. The molecular weight excluding hydrogens is 479 g/mol. The van der Waals surface area contributed by atoms with Crippen molar-refractivity contribution in [3.63, 3.8) is 0 Å². The van der Waals surface area contributed by atoms with Crippen molar-refractivity contribution in [3.8, 4) is 0 Å². The Morgan fingerprint density at radius 2 is 1.68 bits per heavy atom. The molecule has 0 spiro atoms. The molecule has 3 aromatic rings. The van der Waals surface area contributed by atoms with Gasteiger partial charge in [0.25, 0.3) is 11.6 Å². The summed E-state index contributed by atoms with van der Waals surface area (Å²) in [6.45, 7) is 6.81. The number of hydrogen-bond donors (Lipinski definition) is 0. The summed E-state index contributed by atoms with van der Waals surface area (Å²) in [6, 6.07) is 14.3. The van der Waals surface area contributed by atoms with Gasteiger partial charge in [0.1, 0.15) is 23.9 Å². The maximum absolute atomic E-state index is 13.5. The van der Waals surface area contributed by atoms with Gasteiger partial charge in [0, 0.05) is 37.7 Å². The molecule has 0 N–H and O–H groups in total. The zero-order valence-corrected chi connectivity index (χ0v) is 20.7. The van der Waals surface area contributed by atoms with Gasteiger partial charge in [0.15, 0.2) is 5.92 Å². The average Bonchev–Trinajstić information content (AvgIpc) is 2.95. The molecule has 0 bridgehead atoms. The Hall–Kier alpha value is -3.03. The monoisotopic (exact) mass is 502 g/mol.